The number of nitrogens with zero attached hydrogens (tertiary/aromatic N) is 13. The molecule has 13 rings (SSSR count). The van der Waals surface area contributed by atoms with E-state index in [0.29, 0.717) is 51.3 Å². The number of thiophene rings is 3. The smallest absolute Gasteiger partial charge is 0.308 e. The summed E-state index contributed by atoms with van der Waals surface area (Å²) in [6.07, 6.45) is 4.38. The van der Waals surface area contributed by atoms with Crippen LogP contribution in [0.2, 0.25) is 15.1 Å². The van der Waals surface area contributed by atoms with Crippen molar-refractivity contribution in [3.63, 3.8) is 0 Å². The van der Waals surface area contributed by atoms with Gasteiger partial charge in [0.15, 0.2) is 23.3 Å². The fourth-order valence-corrected chi connectivity index (χ4v) is 15.0. The summed E-state index contributed by atoms with van der Waals surface area (Å²) in [7, 11) is 1.62. The highest BCUT2D eigenvalue weighted by Gasteiger charge is 2.37. The number of rotatable bonds is 14. The Morgan fingerprint density at radius 3 is 1.47 bits per heavy atom. The molecule has 27 heteroatoms. The van der Waals surface area contributed by atoms with Gasteiger partial charge in [-0.15, -0.1) is 64.6 Å². The minimum atomic E-state index is -0.592. The van der Waals surface area contributed by atoms with E-state index in [2.05, 4.69) is 78.1 Å². The highest BCUT2D eigenvalue weighted by molar-refractivity contribution is 7.15. The van der Waals surface area contributed by atoms with E-state index in [1.54, 1.807) is 53.6 Å². The molecule has 3 aliphatic rings. The third kappa shape index (κ3) is 15.2. The number of benzene rings is 3. The Morgan fingerprint density at radius 1 is 0.562 bits per heavy atom. The van der Waals surface area contributed by atoms with Crippen molar-refractivity contribution in [2.75, 3.05) is 13.7 Å². The molecule has 2 N–H and O–H groups in total. The predicted molar refractivity (Wildman–Crippen MR) is 377 cm³/mol. The van der Waals surface area contributed by atoms with E-state index in [-0.39, 0.29) is 43.7 Å². The van der Waals surface area contributed by atoms with E-state index >= 15 is 0 Å². The van der Waals surface area contributed by atoms with Gasteiger partial charge in [0.25, 0.3) is 0 Å². The zero-order valence-corrected chi connectivity index (χ0v) is 60.1. The summed E-state index contributed by atoms with van der Waals surface area (Å²) in [5.74, 6) is 3.35. The number of carbonyl (C=O) groups excluding carboxylic acids is 3. The standard InChI is InChI=1S/C24H24ClN7OS.C24H27ClN4O3S.C21H21ClN4O2S/c1-13-14(2)34-24-21(13)22(16-4-6-17(25)7-5-16)29-19(23-31-30-15(3)32(23)24)10-20(33)27-9-8-18-11-26-12-28-18;1-13-14(2)33-23-20(13)21(15-7-9-16(25)10-8-15)26-17(11-19(30)32-24(3,4)5)22-28-27-18(12-31-6)29(22)23;1-12-24-25-19-16(11-17(27)28-21(2,3)4)23-18(13-5-7-14(22)8-6-13)15-9-10-29-20(15)26(12)19/h4-7,11-12,19H,8-10H2,1-3H3,(H,26,28)(H,27,33);7-10,17H,11-12H2,1-6H3;5-10,16H,11H2,1-4H3/t19-;17-;16-/m000/s1. The number of aromatic nitrogens is 11. The van der Waals surface area contributed by atoms with Crippen LogP contribution in [0, 0.1) is 41.5 Å². The minimum Gasteiger partial charge on any atom is -0.460 e. The molecule has 0 unspecified atom stereocenters. The maximum absolute atomic E-state index is 12.9. The Bertz CT molecular complexity index is 4600. The van der Waals surface area contributed by atoms with Crippen molar-refractivity contribution in [1.29, 1.82) is 0 Å². The van der Waals surface area contributed by atoms with E-state index in [4.69, 9.17) is 64.0 Å². The SMILES string of the molecule is COCc1nnc2n1-c1sc(C)c(C)c1C(c1ccc(Cl)cc1)=N[C@H]2CC(=O)OC(C)(C)C.Cc1nnc2n1-c1sccc1C(c1ccc(Cl)cc1)=N[C@H]2CC(=O)OC(C)(C)C.Cc1sc2c(c1C)C(c1ccc(Cl)cc1)=N[C@@H](CC(=O)NCCc1cnc[nH]1)c1nnc(C)n1-2. The van der Waals surface area contributed by atoms with Crippen molar-refractivity contribution in [1.82, 2.24) is 59.6 Å². The molecule has 3 aliphatic heterocycles. The molecule has 3 atom stereocenters. The molecule has 21 nitrogen and oxygen atoms in total. The summed E-state index contributed by atoms with van der Waals surface area (Å²) in [6.45, 7) is 24.1. The largest absolute Gasteiger partial charge is 0.460 e. The normalized spacial score (nSPS) is 15.4. The quantitative estimate of drug-likeness (QED) is 0.0963. The molecule has 0 fully saturated rings. The van der Waals surface area contributed by atoms with Gasteiger partial charge >= 0.3 is 11.9 Å². The molecule has 10 aromatic rings. The monoisotopic (exact) mass is 1410 g/mol. The van der Waals surface area contributed by atoms with Crippen LogP contribution in [0.1, 0.15) is 174 Å². The number of imidazole rings is 1. The minimum absolute atomic E-state index is 0.0481. The number of aryl methyl sites for hydroxylation is 4. The summed E-state index contributed by atoms with van der Waals surface area (Å²) < 4.78 is 22.6. The molecule has 7 aromatic heterocycles. The lowest BCUT2D eigenvalue weighted by Crippen LogP contribution is -2.27. The van der Waals surface area contributed by atoms with Gasteiger partial charge in [-0.05, 0) is 142 Å². The van der Waals surface area contributed by atoms with Gasteiger partial charge in [0.2, 0.25) is 5.91 Å². The van der Waals surface area contributed by atoms with Gasteiger partial charge in [0.1, 0.15) is 62.6 Å². The fourth-order valence-electron chi connectivity index (χ4n) is 11.3. The average Bonchev–Trinajstić information content (AvgIpc) is 1.61. The molecule has 0 saturated carbocycles. The fraction of sp³-hybridized carbons (Fsp3) is 0.348. The van der Waals surface area contributed by atoms with E-state index in [1.165, 1.54) is 9.75 Å². The topological polar surface area (TPSA) is 249 Å². The molecular weight excluding hydrogens is 1340 g/mol. The molecule has 10 heterocycles. The number of fused-ring (bicyclic) bond motifs is 9. The number of esters is 2. The van der Waals surface area contributed by atoms with Crippen LogP contribution in [0.25, 0.3) is 15.0 Å². The number of aliphatic imine (C=N–C) groups is 3. The van der Waals surface area contributed by atoms with Crippen molar-refractivity contribution in [3.05, 3.63) is 207 Å². The molecular formula is C69H72Cl3N15O6S3. The van der Waals surface area contributed by atoms with Crippen LogP contribution in [0.3, 0.4) is 0 Å². The van der Waals surface area contributed by atoms with Gasteiger partial charge in [-0.3, -0.25) is 43.1 Å². The number of hydrogen-bond donors (Lipinski definition) is 2. The van der Waals surface area contributed by atoms with Crippen LogP contribution in [0.4, 0.5) is 0 Å². The van der Waals surface area contributed by atoms with Crippen LogP contribution in [0.5, 0.6) is 0 Å². The molecule has 0 bridgehead atoms. The summed E-state index contributed by atoms with van der Waals surface area (Å²) in [4.78, 5) is 62.9. The number of halogens is 3. The van der Waals surface area contributed by atoms with Crippen molar-refractivity contribution < 1.29 is 28.6 Å². The molecule has 0 saturated heterocycles. The molecule has 0 aliphatic carbocycles. The predicted octanol–water partition coefficient (Wildman–Crippen LogP) is 14.6. The Kier molecular flexibility index (Phi) is 20.7. The molecule has 0 radical (unpaired) electrons. The van der Waals surface area contributed by atoms with Crippen molar-refractivity contribution in [2.45, 2.75) is 145 Å². The van der Waals surface area contributed by atoms with E-state index in [1.807, 2.05) is 149 Å². The van der Waals surface area contributed by atoms with Gasteiger partial charge in [-0.25, -0.2) is 4.98 Å². The lowest BCUT2D eigenvalue weighted by atomic mass is 9.99. The van der Waals surface area contributed by atoms with E-state index in [0.717, 1.165) is 94.0 Å². The molecule has 0 spiro atoms. The number of H-pyrrole nitrogens is 1. The first-order chi connectivity index (χ1) is 45.7. The van der Waals surface area contributed by atoms with Gasteiger partial charge in [0.05, 0.1) is 42.7 Å². The maximum Gasteiger partial charge on any atom is 0.308 e. The number of aromatic amines is 1. The van der Waals surface area contributed by atoms with Crippen molar-refractivity contribution >= 4 is 104 Å². The van der Waals surface area contributed by atoms with Crippen molar-refractivity contribution in [2.24, 2.45) is 15.0 Å². The number of nitrogens with one attached hydrogen (secondary N) is 2. The summed E-state index contributed by atoms with van der Waals surface area (Å²) in [6, 6.07) is 23.3. The van der Waals surface area contributed by atoms with Gasteiger partial charge in [-0.1, -0.05) is 71.2 Å². The van der Waals surface area contributed by atoms with Crippen molar-refractivity contribution in [3.8, 4) is 15.0 Å². The van der Waals surface area contributed by atoms with Gasteiger partial charge in [-0.2, -0.15) is 0 Å². The van der Waals surface area contributed by atoms with Gasteiger partial charge in [0, 0.05) is 90.2 Å². The number of carbonyl (C=O) groups is 3. The molecule has 498 valence electrons. The number of hydrogen-bond acceptors (Lipinski definition) is 19. The second kappa shape index (κ2) is 28.8. The Hall–Kier alpha value is -8.36. The van der Waals surface area contributed by atoms with Crippen LogP contribution in [-0.2, 0) is 41.6 Å². The van der Waals surface area contributed by atoms with Crippen LogP contribution in [0.15, 0.2) is 112 Å². The first-order valence-corrected chi connectivity index (χ1v) is 34.6. The Morgan fingerprint density at radius 2 is 1.00 bits per heavy atom. The molecule has 1 amide bonds. The van der Waals surface area contributed by atoms with Gasteiger partial charge < -0.3 is 24.5 Å². The zero-order chi connectivity index (χ0) is 68.5. The third-order valence-electron chi connectivity index (χ3n) is 15.8. The number of ether oxygens (including phenoxy) is 3. The van der Waals surface area contributed by atoms with E-state index < -0.39 is 29.3 Å². The lowest BCUT2D eigenvalue weighted by Gasteiger charge is -2.21. The highest BCUT2D eigenvalue weighted by Crippen LogP contribution is 2.43. The second-order valence-electron chi connectivity index (χ2n) is 25.2. The summed E-state index contributed by atoms with van der Waals surface area (Å²) in [5.41, 5.74) is 10.4. The maximum atomic E-state index is 12.9. The highest BCUT2D eigenvalue weighted by atomic mass is 35.5. The molecule has 3 aromatic carbocycles. The van der Waals surface area contributed by atoms with E-state index in [9.17, 15) is 14.4 Å². The third-order valence-corrected chi connectivity index (χ3v) is 19.8. The first kappa shape index (κ1) is 69.0. The van der Waals surface area contributed by atoms with Crippen LogP contribution >= 0.6 is 68.8 Å². The lowest BCUT2D eigenvalue weighted by molar-refractivity contribution is -0.156. The number of methoxy groups -OCH3 is 1. The Labute approximate surface area is 583 Å². The summed E-state index contributed by atoms with van der Waals surface area (Å²) >= 11 is 23.3. The Balaban J connectivity index is 0.000000147. The first-order valence-electron chi connectivity index (χ1n) is 31.0. The second-order valence-corrected chi connectivity index (χ2v) is 29.8. The van der Waals surface area contributed by atoms with Crippen LogP contribution in [-0.4, -0.2) is 114 Å². The van der Waals surface area contributed by atoms with Crippen LogP contribution < -0.4 is 5.32 Å². The molecule has 96 heavy (non-hydrogen) atoms. The average molecular weight is 1410 g/mol. The zero-order valence-electron chi connectivity index (χ0n) is 55.3. The summed E-state index contributed by atoms with van der Waals surface area (Å²) in [5, 5.41) is 36.2. The number of amides is 1.